The largest absolute Gasteiger partial charge is 0.485 e. The Bertz CT molecular complexity index is 1660. The molecule has 0 fully saturated rings. The number of carbonyl (C=O) groups excluding carboxylic acids is 2. The molecule has 4 aromatic carbocycles. The Kier molecular flexibility index (Phi) is 7.70. The van der Waals surface area contributed by atoms with Crippen molar-refractivity contribution in [2.75, 3.05) is 0 Å². The quantitative estimate of drug-likeness (QED) is 0.154. The molecule has 8 heteroatoms. The summed E-state index contributed by atoms with van der Waals surface area (Å²) in [6.45, 7) is 0. The number of halogens is 5. The smallest absolute Gasteiger partial charge is 0.416 e. The maximum Gasteiger partial charge on any atom is 0.416 e. The highest BCUT2D eigenvalue weighted by atomic mass is 79.9. The number of allylic oxidation sites excluding steroid dienone is 1. The van der Waals surface area contributed by atoms with Gasteiger partial charge in [0.05, 0.1) is 5.56 Å². The third-order valence-corrected chi connectivity index (χ3v) is 9.21. The third-order valence-electron chi connectivity index (χ3n) is 8.15. The summed E-state index contributed by atoms with van der Waals surface area (Å²) in [4.78, 5) is 27.3. The van der Waals surface area contributed by atoms with Crippen LogP contribution in [-0.4, -0.2) is 12.1 Å². The van der Waals surface area contributed by atoms with E-state index in [0.717, 1.165) is 44.1 Å². The monoisotopic (exact) mass is 694 g/mol. The van der Waals surface area contributed by atoms with Crippen LogP contribution in [0.2, 0.25) is 0 Å². The molecule has 6 rings (SSSR count). The van der Waals surface area contributed by atoms with Gasteiger partial charge in [-0.2, -0.15) is 13.2 Å². The molecule has 0 saturated carbocycles. The first-order valence-corrected chi connectivity index (χ1v) is 14.9. The average molecular weight is 696 g/mol. The van der Waals surface area contributed by atoms with Crippen LogP contribution >= 0.6 is 31.9 Å². The lowest BCUT2D eigenvalue weighted by Crippen LogP contribution is -2.42. The molecular weight excluding hydrogens is 673 g/mol. The molecule has 42 heavy (non-hydrogen) atoms. The van der Waals surface area contributed by atoms with Crippen LogP contribution in [-0.2, 0) is 11.0 Å². The standard InChI is InChI=1S/C34H23Br2F3O3/c35-24-13-7-19(8-14-24)29-22(18-40)17-27-30(31(29)32(41)20-5-11-23(12-6-20)34(37,38)39)26-3-1-2-4-28(26)42-33(27)21-9-15-25(36)16-10-21/h1-18,27,29-31,33H/t27-,29-,30-,31+,33-/m0/s1. The van der Waals surface area contributed by atoms with Crippen molar-refractivity contribution in [3.63, 3.8) is 0 Å². The molecule has 0 unspecified atom stereocenters. The van der Waals surface area contributed by atoms with Gasteiger partial charge in [0.1, 0.15) is 18.1 Å². The number of alkyl halides is 3. The lowest BCUT2D eigenvalue weighted by atomic mass is 9.58. The summed E-state index contributed by atoms with van der Waals surface area (Å²) in [6, 6.07) is 27.0. The van der Waals surface area contributed by atoms with Gasteiger partial charge < -0.3 is 4.74 Å². The molecule has 0 amide bonds. The molecule has 3 nitrogen and oxygen atoms in total. The van der Waals surface area contributed by atoms with E-state index in [1.165, 1.54) is 12.1 Å². The van der Waals surface area contributed by atoms with E-state index >= 15 is 0 Å². The van der Waals surface area contributed by atoms with Gasteiger partial charge in [-0.05, 0) is 64.7 Å². The van der Waals surface area contributed by atoms with E-state index in [0.29, 0.717) is 11.3 Å². The van der Waals surface area contributed by atoms with Crippen LogP contribution in [0.15, 0.2) is 118 Å². The van der Waals surface area contributed by atoms with Crippen molar-refractivity contribution in [1.82, 2.24) is 0 Å². The summed E-state index contributed by atoms with van der Waals surface area (Å²) >= 11 is 6.94. The minimum atomic E-state index is -4.53. The molecule has 1 aliphatic carbocycles. The minimum absolute atomic E-state index is 0.158. The van der Waals surface area contributed by atoms with Crippen LogP contribution in [0.5, 0.6) is 5.75 Å². The Labute approximate surface area is 257 Å². The predicted octanol–water partition coefficient (Wildman–Crippen LogP) is 9.49. The first-order valence-electron chi connectivity index (χ1n) is 13.3. The molecule has 212 valence electrons. The third kappa shape index (κ3) is 5.26. The van der Waals surface area contributed by atoms with Gasteiger partial charge in [-0.3, -0.25) is 9.59 Å². The fourth-order valence-electron chi connectivity index (χ4n) is 6.29. The Morgan fingerprint density at radius 3 is 1.98 bits per heavy atom. The topological polar surface area (TPSA) is 43.4 Å². The Morgan fingerprint density at radius 2 is 1.38 bits per heavy atom. The van der Waals surface area contributed by atoms with Crippen molar-refractivity contribution in [1.29, 1.82) is 0 Å². The number of aldehydes is 1. The molecule has 0 radical (unpaired) electrons. The molecule has 4 aromatic rings. The van der Waals surface area contributed by atoms with Gasteiger partial charge in [-0.15, -0.1) is 0 Å². The number of hydrogen-bond donors (Lipinski definition) is 0. The van der Waals surface area contributed by atoms with Crippen LogP contribution in [0.4, 0.5) is 13.2 Å². The molecule has 0 spiro atoms. The molecule has 1 aliphatic heterocycles. The number of para-hydroxylation sites is 1. The minimum Gasteiger partial charge on any atom is -0.485 e. The maximum atomic E-state index is 14.5. The molecule has 1 heterocycles. The summed E-state index contributed by atoms with van der Waals surface area (Å²) in [5.74, 6) is -1.92. The Balaban J connectivity index is 1.57. The van der Waals surface area contributed by atoms with E-state index in [2.05, 4.69) is 31.9 Å². The van der Waals surface area contributed by atoms with E-state index in [9.17, 15) is 22.8 Å². The summed E-state index contributed by atoms with van der Waals surface area (Å²) in [7, 11) is 0. The van der Waals surface area contributed by atoms with Crippen LogP contribution in [0.3, 0.4) is 0 Å². The van der Waals surface area contributed by atoms with Crippen LogP contribution in [0.1, 0.15) is 50.6 Å². The molecule has 0 saturated heterocycles. The highest BCUT2D eigenvalue weighted by Crippen LogP contribution is 2.58. The van der Waals surface area contributed by atoms with Gasteiger partial charge in [-0.25, -0.2) is 0 Å². The fraction of sp³-hybridized carbons (Fsp3) is 0.176. The predicted molar refractivity (Wildman–Crippen MR) is 160 cm³/mol. The van der Waals surface area contributed by atoms with Crippen LogP contribution in [0.25, 0.3) is 0 Å². The zero-order valence-corrected chi connectivity index (χ0v) is 25.1. The summed E-state index contributed by atoms with van der Waals surface area (Å²) in [6.07, 6.45) is -2.32. The van der Waals surface area contributed by atoms with Crippen molar-refractivity contribution < 1.29 is 27.5 Å². The molecular formula is C34H23Br2F3O3. The molecule has 0 N–H and O–H groups in total. The number of hydrogen-bond acceptors (Lipinski definition) is 3. The zero-order chi connectivity index (χ0) is 29.6. The van der Waals surface area contributed by atoms with E-state index in [-0.39, 0.29) is 11.3 Å². The zero-order valence-electron chi connectivity index (χ0n) is 21.9. The van der Waals surface area contributed by atoms with Gasteiger partial charge in [-0.1, -0.05) is 92.5 Å². The average Bonchev–Trinajstić information content (AvgIpc) is 3.00. The van der Waals surface area contributed by atoms with Gasteiger partial charge >= 0.3 is 6.18 Å². The van der Waals surface area contributed by atoms with Crippen LogP contribution < -0.4 is 4.74 Å². The summed E-state index contributed by atoms with van der Waals surface area (Å²) in [5.41, 5.74) is 2.24. The van der Waals surface area contributed by atoms with Gasteiger partial charge in [0, 0.05) is 38.2 Å². The molecule has 2 aliphatic rings. The van der Waals surface area contributed by atoms with Crippen LogP contribution in [0, 0.1) is 11.8 Å². The second kappa shape index (κ2) is 11.3. The highest BCUT2D eigenvalue weighted by Gasteiger charge is 2.51. The van der Waals surface area contributed by atoms with E-state index < -0.39 is 41.5 Å². The second-order valence-electron chi connectivity index (χ2n) is 10.5. The van der Waals surface area contributed by atoms with Crippen molar-refractivity contribution in [2.24, 2.45) is 11.8 Å². The Hall–Kier alpha value is -3.49. The summed E-state index contributed by atoms with van der Waals surface area (Å²) in [5, 5.41) is 0. The van der Waals surface area contributed by atoms with Gasteiger partial charge in [0.2, 0.25) is 0 Å². The van der Waals surface area contributed by atoms with Crippen molar-refractivity contribution in [3.8, 4) is 5.75 Å². The number of ether oxygens (including phenoxy) is 1. The molecule has 0 aromatic heterocycles. The SMILES string of the molecule is O=CC1=C[C@H]2[C@H](c3ccccc3O[C@H]2c2ccc(Br)cc2)[C@H](C(=O)c2ccc(C(F)(F)F)cc2)[C@H]1c1ccc(Br)cc1. The number of benzene rings is 4. The molecule has 5 atom stereocenters. The van der Waals surface area contributed by atoms with Gasteiger partial charge in [0.15, 0.2) is 5.78 Å². The summed E-state index contributed by atoms with van der Waals surface area (Å²) < 4.78 is 48.3. The number of fused-ring (bicyclic) bond motifs is 3. The number of rotatable bonds is 5. The fourth-order valence-corrected chi connectivity index (χ4v) is 6.82. The first kappa shape index (κ1) is 28.6. The first-order chi connectivity index (χ1) is 20.2. The lowest BCUT2D eigenvalue weighted by molar-refractivity contribution is -0.137. The van der Waals surface area contributed by atoms with Crippen molar-refractivity contribution in [3.05, 3.63) is 145 Å². The van der Waals surface area contributed by atoms with Gasteiger partial charge in [0.25, 0.3) is 0 Å². The second-order valence-corrected chi connectivity index (χ2v) is 12.3. The van der Waals surface area contributed by atoms with E-state index in [1.54, 1.807) is 0 Å². The normalized spacial score (nSPS) is 23.2. The van der Waals surface area contributed by atoms with Crippen molar-refractivity contribution in [2.45, 2.75) is 24.1 Å². The number of carbonyl (C=O) groups is 2. The lowest BCUT2D eigenvalue weighted by Gasteiger charge is -2.47. The van der Waals surface area contributed by atoms with Crippen molar-refractivity contribution >= 4 is 43.9 Å². The number of Topliss-reactive ketones (excluding diaryl/α,β-unsaturated/α-hetero) is 1. The maximum absolute atomic E-state index is 14.5. The Morgan fingerprint density at radius 1 is 0.786 bits per heavy atom. The van der Waals surface area contributed by atoms with E-state index in [1.807, 2.05) is 78.9 Å². The van der Waals surface area contributed by atoms with E-state index in [4.69, 9.17) is 4.74 Å². The molecule has 0 bridgehead atoms. The number of ketones is 1. The highest BCUT2D eigenvalue weighted by molar-refractivity contribution is 9.10.